The highest BCUT2D eigenvalue weighted by Crippen LogP contribution is 2.12. The van der Waals surface area contributed by atoms with Crippen LogP contribution in [-0.2, 0) is 0 Å². The van der Waals surface area contributed by atoms with Crippen LogP contribution in [0.1, 0.15) is 45.0 Å². The molecule has 5 rings (SSSR count). The minimum Gasteiger partial charge on any atom is -0.355 e. The van der Waals surface area contributed by atoms with Gasteiger partial charge in [-0.1, -0.05) is 0 Å². The minimum atomic E-state index is 1.10. The van der Waals surface area contributed by atoms with E-state index in [0.29, 0.717) is 0 Å². The van der Waals surface area contributed by atoms with E-state index < -0.39 is 0 Å². The Morgan fingerprint density at radius 3 is 1.32 bits per heavy atom. The van der Waals surface area contributed by atoms with E-state index in [1.165, 1.54) is 22.3 Å². The molecule has 0 spiro atoms. The van der Waals surface area contributed by atoms with E-state index in [1.54, 1.807) is 0 Å². The number of nitrogens with one attached hydrogen (secondary N) is 4. The molecule has 4 N–H and O–H groups in total. The lowest BCUT2D eigenvalue weighted by Crippen LogP contribution is -2.12. The maximum atomic E-state index is 3.54. The van der Waals surface area contributed by atoms with Gasteiger partial charge in [-0.25, -0.2) is 0 Å². The average molecular weight is 368 g/mol. The molecule has 1 aliphatic heterocycles. The van der Waals surface area contributed by atoms with Crippen LogP contribution in [0.2, 0.25) is 0 Å². The molecule has 5 heterocycles. The maximum absolute atomic E-state index is 3.54. The first-order chi connectivity index (χ1) is 13.4. The number of hydrogen-bond acceptors (Lipinski definition) is 0. The monoisotopic (exact) mass is 368 g/mol. The Kier molecular flexibility index (Phi) is 3.63. The molecule has 140 valence electrons. The van der Waals surface area contributed by atoms with E-state index in [2.05, 4.69) is 96.2 Å². The third-order valence-corrected chi connectivity index (χ3v) is 5.50. The fraction of sp³-hybridized carbons (Fsp3) is 0.167. The van der Waals surface area contributed by atoms with Crippen molar-refractivity contribution in [2.24, 2.45) is 0 Å². The highest BCUT2D eigenvalue weighted by molar-refractivity contribution is 5.59. The predicted molar refractivity (Wildman–Crippen MR) is 115 cm³/mol. The Bertz CT molecular complexity index is 1340. The van der Waals surface area contributed by atoms with E-state index in [-0.39, 0.29) is 0 Å². The van der Waals surface area contributed by atoms with Gasteiger partial charge in [0.2, 0.25) is 0 Å². The molecular weight excluding hydrogens is 344 g/mol. The second kappa shape index (κ2) is 6.06. The zero-order chi connectivity index (χ0) is 19.4. The summed E-state index contributed by atoms with van der Waals surface area (Å²) in [5, 5.41) is 4.45. The molecule has 0 atom stereocenters. The Morgan fingerprint density at radius 2 is 0.893 bits per heavy atom. The fourth-order valence-corrected chi connectivity index (χ4v) is 3.94. The van der Waals surface area contributed by atoms with Gasteiger partial charge in [0.1, 0.15) is 0 Å². The van der Waals surface area contributed by atoms with Crippen molar-refractivity contribution in [2.45, 2.75) is 27.7 Å². The lowest BCUT2D eigenvalue weighted by Gasteiger charge is -1.90. The summed E-state index contributed by atoms with van der Waals surface area (Å²) in [6.45, 7) is 8.56. The van der Waals surface area contributed by atoms with Crippen LogP contribution in [-0.4, -0.2) is 19.9 Å². The lowest BCUT2D eigenvalue weighted by atomic mass is 10.2. The maximum Gasteiger partial charge on any atom is 0.0435 e. The van der Waals surface area contributed by atoms with Crippen molar-refractivity contribution in [3.05, 3.63) is 90.7 Å². The van der Waals surface area contributed by atoms with Crippen LogP contribution in [0.3, 0.4) is 0 Å². The topological polar surface area (TPSA) is 63.2 Å². The molecule has 4 aromatic rings. The zero-order valence-electron chi connectivity index (χ0n) is 16.6. The Morgan fingerprint density at radius 1 is 0.464 bits per heavy atom. The van der Waals surface area contributed by atoms with Gasteiger partial charge in [0.15, 0.2) is 0 Å². The Hall–Kier alpha value is -3.40. The Balaban J connectivity index is 1.86. The molecule has 0 unspecified atom stereocenters. The Labute approximate surface area is 163 Å². The van der Waals surface area contributed by atoms with Crippen molar-refractivity contribution in [3.63, 3.8) is 0 Å². The van der Waals surface area contributed by atoms with Crippen molar-refractivity contribution < 1.29 is 0 Å². The van der Waals surface area contributed by atoms with E-state index in [9.17, 15) is 0 Å². The predicted octanol–water partition coefficient (Wildman–Crippen LogP) is 1.86. The average Bonchev–Trinajstić information content (AvgIpc) is 3.33. The van der Waals surface area contributed by atoms with Crippen LogP contribution in [0.25, 0.3) is 24.3 Å². The van der Waals surface area contributed by atoms with Gasteiger partial charge in [0.25, 0.3) is 0 Å². The van der Waals surface area contributed by atoms with Crippen LogP contribution in [0, 0.1) is 27.7 Å². The van der Waals surface area contributed by atoms with Crippen LogP contribution in [0.15, 0.2) is 24.3 Å². The van der Waals surface area contributed by atoms with Gasteiger partial charge in [0.05, 0.1) is 0 Å². The number of aryl methyl sites for hydroxylation is 4. The van der Waals surface area contributed by atoms with E-state index in [1.807, 2.05) is 0 Å². The number of fused-ring (bicyclic) bond motifs is 8. The van der Waals surface area contributed by atoms with E-state index in [0.717, 1.165) is 44.2 Å². The van der Waals surface area contributed by atoms with Crippen LogP contribution in [0.4, 0.5) is 0 Å². The van der Waals surface area contributed by atoms with Crippen LogP contribution < -0.4 is 21.4 Å². The molecule has 0 aliphatic carbocycles. The van der Waals surface area contributed by atoms with Crippen molar-refractivity contribution in [2.75, 3.05) is 0 Å². The summed E-state index contributed by atoms with van der Waals surface area (Å²) >= 11 is 0. The molecule has 0 aromatic carbocycles. The smallest absolute Gasteiger partial charge is 0.0435 e. The van der Waals surface area contributed by atoms with Gasteiger partial charge in [-0.3, -0.25) is 0 Å². The summed E-state index contributed by atoms with van der Waals surface area (Å²) in [4.78, 5) is 14.2. The van der Waals surface area contributed by atoms with Gasteiger partial charge in [-0.15, -0.1) is 0 Å². The molecular formula is C24H24N4. The third-order valence-electron chi connectivity index (χ3n) is 5.50. The zero-order valence-corrected chi connectivity index (χ0v) is 16.6. The third kappa shape index (κ3) is 2.87. The summed E-state index contributed by atoms with van der Waals surface area (Å²) < 4.78 is 0. The molecule has 8 bridgehead atoms. The molecule has 0 fully saturated rings. The van der Waals surface area contributed by atoms with Crippen molar-refractivity contribution in [1.82, 2.24) is 19.9 Å². The molecule has 28 heavy (non-hydrogen) atoms. The lowest BCUT2D eigenvalue weighted by molar-refractivity contribution is 1.21. The molecule has 4 nitrogen and oxygen atoms in total. The normalized spacial score (nSPS) is 12.7. The van der Waals surface area contributed by atoms with Crippen molar-refractivity contribution in [3.8, 4) is 0 Å². The SMILES string of the molecule is Cc1cc2[nH]c1C=c1cc(C)c([nH]1)=Cc1cc(C)c([nH]1)C=c1cc(C)c([nH]1)=C2. The highest BCUT2D eigenvalue weighted by Gasteiger charge is 2.05. The van der Waals surface area contributed by atoms with Crippen molar-refractivity contribution >= 4 is 24.3 Å². The van der Waals surface area contributed by atoms with Gasteiger partial charge in [-0.05, 0) is 98.5 Å². The van der Waals surface area contributed by atoms with Crippen LogP contribution >= 0.6 is 0 Å². The quantitative estimate of drug-likeness (QED) is 0.322. The molecule has 1 aliphatic rings. The first-order valence-electron chi connectivity index (χ1n) is 9.62. The number of hydrogen-bond donors (Lipinski definition) is 4. The standard InChI is InChI=1S/C24H24N4/c1-13-5-17-10-22-15(3)7-19(27-22)12-24-16(4)8-20(28-24)11-23-14(2)6-18(26-23)9-21(13)25-17/h5-12,25-28H,1-4H3. The summed E-state index contributed by atoms with van der Waals surface area (Å²) in [5.74, 6) is 0. The highest BCUT2D eigenvalue weighted by atomic mass is 14.8. The summed E-state index contributed by atoms with van der Waals surface area (Å²) in [7, 11) is 0. The first kappa shape index (κ1) is 16.8. The van der Waals surface area contributed by atoms with Gasteiger partial charge >= 0.3 is 0 Å². The largest absolute Gasteiger partial charge is 0.355 e. The molecule has 0 saturated heterocycles. The minimum absolute atomic E-state index is 1.10. The second-order valence-corrected chi connectivity index (χ2v) is 7.86. The summed E-state index contributed by atoms with van der Waals surface area (Å²) in [6, 6.07) is 8.77. The number of aromatic amines is 4. The van der Waals surface area contributed by atoms with Gasteiger partial charge in [0, 0.05) is 44.2 Å². The number of rotatable bonds is 0. The van der Waals surface area contributed by atoms with E-state index in [4.69, 9.17) is 0 Å². The molecule has 0 radical (unpaired) electrons. The van der Waals surface area contributed by atoms with Crippen molar-refractivity contribution in [1.29, 1.82) is 0 Å². The molecule has 0 amide bonds. The van der Waals surface area contributed by atoms with Gasteiger partial charge < -0.3 is 19.9 Å². The molecule has 0 saturated carbocycles. The number of aromatic nitrogens is 4. The summed E-state index contributed by atoms with van der Waals surface area (Å²) in [5.41, 5.74) is 9.37. The van der Waals surface area contributed by atoms with E-state index >= 15 is 0 Å². The summed E-state index contributed by atoms with van der Waals surface area (Å²) in [6.07, 6.45) is 8.70. The fourth-order valence-electron chi connectivity index (χ4n) is 3.94. The van der Waals surface area contributed by atoms with Gasteiger partial charge in [-0.2, -0.15) is 0 Å². The number of H-pyrrole nitrogens is 4. The first-order valence-corrected chi connectivity index (χ1v) is 9.62. The van der Waals surface area contributed by atoms with Crippen LogP contribution in [0.5, 0.6) is 0 Å². The molecule has 4 aromatic heterocycles. The second-order valence-electron chi connectivity index (χ2n) is 7.86. The molecule has 4 heteroatoms.